The molecule has 0 unspecified atom stereocenters. The number of hydrogen-bond acceptors (Lipinski definition) is 5. The number of morpholine rings is 1. The van der Waals surface area contributed by atoms with E-state index in [1.807, 2.05) is 66.7 Å². The Morgan fingerprint density at radius 2 is 1.47 bits per heavy atom. The first kappa shape index (κ1) is 21.9. The van der Waals surface area contributed by atoms with Crippen LogP contribution in [-0.4, -0.2) is 43.7 Å². The van der Waals surface area contributed by atoms with Gasteiger partial charge in [-0.05, 0) is 47.5 Å². The lowest BCUT2D eigenvalue weighted by Crippen LogP contribution is -2.35. The van der Waals surface area contributed by atoms with E-state index in [0.717, 1.165) is 49.8 Å². The number of carbonyl (C=O) groups is 1. The molecule has 0 radical (unpaired) electrons. The molecule has 6 nitrogen and oxygen atoms in total. The molecule has 0 aliphatic carbocycles. The fourth-order valence-corrected chi connectivity index (χ4v) is 3.43. The minimum Gasteiger partial charge on any atom is -0.489 e. The molecule has 0 atom stereocenters. The fourth-order valence-electron chi connectivity index (χ4n) is 3.43. The number of nitrogens with zero attached hydrogens (tertiary/aromatic N) is 1. The standard InChI is InChI=1S/C26H28N2O4/c29-26(27-23-8-6-21(7-9-23)18-28-14-16-30-17-15-28)20-32-25-12-10-24(11-13-25)31-19-22-4-2-1-3-5-22/h1-13H,14-20H2,(H,27,29). The lowest BCUT2D eigenvalue weighted by molar-refractivity contribution is -0.118. The topological polar surface area (TPSA) is 60.0 Å². The molecule has 1 heterocycles. The van der Waals surface area contributed by atoms with Gasteiger partial charge in [-0.1, -0.05) is 42.5 Å². The predicted molar refractivity (Wildman–Crippen MR) is 124 cm³/mol. The largest absolute Gasteiger partial charge is 0.489 e. The zero-order valence-electron chi connectivity index (χ0n) is 18.0. The third-order valence-electron chi connectivity index (χ3n) is 5.19. The maximum Gasteiger partial charge on any atom is 0.262 e. The summed E-state index contributed by atoms with van der Waals surface area (Å²) in [5.41, 5.74) is 3.09. The molecular weight excluding hydrogens is 404 g/mol. The first-order chi connectivity index (χ1) is 15.7. The van der Waals surface area contributed by atoms with E-state index in [1.165, 1.54) is 5.56 Å². The molecule has 3 aromatic rings. The normalized spacial score (nSPS) is 14.0. The van der Waals surface area contributed by atoms with Crippen LogP contribution >= 0.6 is 0 Å². The zero-order chi connectivity index (χ0) is 22.0. The lowest BCUT2D eigenvalue weighted by atomic mass is 10.2. The molecule has 1 N–H and O–H groups in total. The van der Waals surface area contributed by atoms with Crippen molar-refractivity contribution >= 4 is 11.6 Å². The Morgan fingerprint density at radius 3 is 2.16 bits per heavy atom. The van der Waals surface area contributed by atoms with Crippen LogP contribution in [0.5, 0.6) is 11.5 Å². The number of nitrogens with one attached hydrogen (secondary N) is 1. The molecule has 4 rings (SSSR count). The predicted octanol–water partition coefficient (Wildman–Crippen LogP) is 4.12. The summed E-state index contributed by atoms with van der Waals surface area (Å²) in [5.74, 6) is 1.17. The first-order valence-electron chi connectivity index (χ1n) is 10.8. The summed E-state index contributed by atoms with van der Waals surface area (Å²) in [7, 11) is 0. The third kappa shape index (κ3) is 6.83. The van der Waals surface area contributed by atoms with Gasteiger partial charge in [0.2, 0.25) is 0 Å². The molecule has 1 aliphatic heterocycles. The maximum atomic E-state index is 12.2. The Kier molecular flexibility index (Phi) is 7.74. The van der Waals surface area contributed by atoms with Gasteiger partial charge in [0.25, 0.3) is 5.91 Å². The van der Waals surface area contributed by atoms with Crippen molar-refractivity contribution in [2.24, 2.45) is 0 Å². The summed E-state index contributed by atoms with van der Waals surface area (Å²) < 4.78 is 16.7. The van der Waals surface area contributed by atoms with E-state index in [2.05, 4.69) is 10.2 Å². The lowest BCUT2D eigenvalue weighted by Gasteiger charge is -2.26. The van der Waals surface area contributed by atoms with Crippen LogP contribution < -0.4 is 14.8 Å². The van der Waals surface area contributed by atoms with Gasteiger partial charge in [0.15, 0.2) is 6.61 Å². The number of rotatable bonds is 9. The van der Waals surface area contributed by atoms with Gasteiger partial charge in [0.05, 0.1) is 13.2 Å². The van der Waals surface area contributed by atoms with Crippen molar-refractivity contribution in [1.82, 2.24) is 4.90 Å². The summed E-state index contributed by atoms with van der Waals surface area (Å²) in [6.07, 6.45) is 0. The number of hydrogen-bond donors (Lipinski definition) is 1. The fraction of sp³-hybridized carbons (Fsp3) is 0.269. The molecule has 0 saturated carbocycles. The van der Waals surface area contributed by atoms with E-state index in [1.54, 1.807) is 12.1 Å². The zero-order valence-corrected chi connectivity index (χ0v) is 18.0. The van der Waals surface area contributed by atoms with Crippen molar-refractivity contribution in [3.8, 4) is 11.5 Å². The highest BCUT2D eigenvalue weighted by Crippen LogP contribution is 2.19. The van der Waals surface area contributed by atoms with Crippen LogP contribution in [0.1, 0.15) is 11.1 Å². The van der Waals surface area contributed by atoms with Crippen LogP contribution in [0.2, 0.25) is 0 Å². The number of ether oxygens (including phenoxy) is 3. The molecule has 6 heteroatoms. The number of benzene rings is 3. The van der Waals surface area contributed by atoms with Gasteiger partial charge in [0, 0.05) is 25.3 Å². The number of anilines is 1. The van der Waals surface area contributed by atoms with Gasteiger partial charge >= 0.3 is 0 Å². The second kappa shape index (κ2) is 11.3. The summed E-state index contributed by atoms with van der Waals surface area (Å²) in [6, 6.07) is 25.2. The average Bonchev–Trinajstić information content (AvgIpc) is 2.85. The summed E-state index contributed by atoms with van der Waals surface area (Å²) >= 11 is 0. The molecule has 0 spiro atoms. The quantitative estimate of drug-likeness (QED) is 0.551. The molecule has 0 aromatic heterocycles. The molecule has 166 valence electrons. The number of carbonyl (C=O) groups excluding carboxylic acids is 1. The second-order valence-electron chi connectivity index (χ2n) is 7.67. The summed E-state index contributed by atoms with van der Waals surface area (Å²) in [5, 5.41) is 2.87. The molecular formula is C26H28N2O4. The Balaban J connectivity index is 1.19. The Bertz CT molecular complexity index is 969. The van der Waals surface area contributed by atoms with Crippen molar-refractivity contribution in [3.05, 3.63) is 90.0 Å². The van der Waals surface area contributed by atoms with Crippen molar-refractivity contribution in [2.75, 3.05) is 38.2 Å². The van der Waals surface area contributed by atoms with Crippen LogP contribution in [0.3, 0.4) is 0 Å². The van der Waals surface area contributed by atoms with Crippen molar-refractivity contribution in [3.63, 3.8) is 0 Å². The van der Waals surface area contributed by atoms with Gasteiger partial charge < -0.3 is 19.5 Å². The van der Waals surface area contributed by atoms with Crippen molar-refractivity contribution in [1.29, 1.82) is 0 Å². The summed E-state index contributed by atoms with van der Waals surface area (Å²) in [4.78, 5) is 14.6. The van der Waals surface area contributed by atoms with E-state index >= 15 is 0 Å². The van der Waals surface area contributed by atoms with Crippen molar-refractivity contribution in [2.45, 2.75) is 13.2 Å². The Morgan fingerprint density at radius 1 is 0.812 bits per heavy atom. The van der Waals surface area contributed by atoms with E-state index < -0.39 is 0 Å². The SMILES string of the molecule is O=C(COc1ccc(OCc2ccccc2)cc1)Nc1ccc(CN2CCOCC2)cc1. The maximum absolute atomic E-state index is 12.2. The third-order valence-corrected chi connectivity index (χ3v) is 5.19. The van der Waals surface area contributed by atoms with Crippen LogP contribution in [0, 0.1) is 0 Å². The van der Waals surface area contributed by atoms with Gasteiger partial charge in [-0.15, -0.1) is 0 Å². The molecule has 1 aliphatic rings. The Labute approximate surface area is 188 Å². The minimum absolute atomic E-state index is 0.0558. The van der Waals surface area contributed by atoms with E-state index in [0.29, 0.717) is 12.4 Å². The molecule has 1 amide bonds. The van der Waals surface area contributed by atoms with E-state index in [4.69, 9.17) is 14.2 Å². The van der Waals surface area contributed by atoms with Crippen LogP contribution in [-0.2, 0) is 22.7 Å². The molecule has 1 fully saturated rings. The van der Waals surface area contributed by atoms with Crippen LogP contribution in [0.15, 0.2) is 78.9 Å². The monoisotopic (exact) mass is 432 g/mol. The molecule has 0 bridgehead atoms. The Hall–Kier alpha value is -3.35. The van der Waals surface area contributed by atoms with E-state index in [-0.39, 0.29) is 12.5 Å². The van der Waals surface area contributed by atoms with Crippen LogP contribution in [0.25, 0.3) is 0 Å². The van der Waals surface area contributed by atoms with Crippen LogP contribution in [0.4, 0.5) is 5.69 Å². The first-order valence-corrected chi connectivity index (χ1v) is 10.8. The highest BCUT2D eigenvalue weighted by molar-refractivity contribution is 5.91. The van der Waals surface area contributed by atoms with Gasteiger partial charge in [-0.3, -0.25) is 9.69 Å². The second-order valence-corrected chi connectivity index (χ2v) is 7.67. The highest BCUT2D eigenvalue weighted by Gasteiger charge is 2.11. The van der Waals surface area contributed by atoms with Gasteiger partial charge in [0.1, 0.15) is 18.1 Å². The average molecular weight is 433 g/mol. The highest BCUT2D eigenvalue weighted by atomic mass is 16.5. The smallest absolute Gasteiger partial charge is 0.262 e. The van der Waals surface area contributed by atoms with Gasteiger partial charge in [-0.25, -0.2) is 0 Å². The van der Waals surface area contributed by atoms with Crippen molar-refractivity contribution < 1.29 is 19.0 Å². The summed E-state index contributed by atoms with van der Waals surface area (Å²) in [6.45, 7) is 4.83. The van der Waals surface area contributed by atoms with Gasteiger partial charge in [-0.2, -0.15) is 0 Å². The molecule has 3 aromatic carbocycles. The van der Waals surface area contributed by atoms with E-state index in [9.17, 15) is 4.79 Å². The molecule has 32 heavy (non-hydrogen) atoms. The number of amides is 1. The molecule has 1 saturated heterocycles. The minimum atomic E-state index is -0.199.